The van der Waals surface area contributed by atoms with Gasteiger partial charge in [-0.25, -0.2) is 14.8 Å². The Balaban J connectivity index is 1.29. The number of H-pyrrole nitrogens is 1. The third-order valence-corrected chi connectivity index (χ3v) is 5.79. The monoisotopic (exact) mass is 428 g/mol. The predicted molar refractivity (Wildman–Crippen MR) is 125 cm³/mol. The first-order valence-corrected chi connectivity index (χ1v) is 10.7. The van der Waals surface area contributed by atoms with Gasteiger partial charge in [0.15, 0.2) is 0 Å². The van der Waals surface area contributed by atoms with E-state index in [1.54, 1.807) is 18.5 Å². The fourth-order valence-electron chi connectivity index (χ4n) is 4.26. The van der Waals surface area contributed by atoms with Crippen molar-refractivity contribution in [3.05, 3.63) is 72.7 Å². The van der Waals surface area contributed by atoms with E-state index in [9.17, 15) is 9.90 Å². The van der Waals surface area contributed by atoms with E-state index in [4.69, 9.17) is 0 Å². The Morgan fingerprint density at radius 2 is 1.91 bits per heavy atom. The summed E-state index contributed by atoms with van der Waals surface area (Å²) < 4.78 is 0. The van der Waals surface area contributed by atoms with Crippen LogP contribution in [-0.4, -0.2) is 39.2 Å². The molecule has 32 heavy (non-hydrogen) atoms. The molecule has 0 saturated carbocycles. The molecule has 5 rings (SSSR count). The SMILES string of the molecule is O=C(Nc1ccc(O)cc1)Nc1cccc(C2CCCN(c3ncnc4[nH]ccc34)C2)c1. The fraction of sp³-hybridized carbons (Fsp3) is 0.208. The molecule has 2 aromatic heterocycles. The van der Waals surface area contributed by atoms with Crippen molar-refractivity contribution in [1.29, 1.82) is 0 Å². The van der Waals surface area contributed by atoms with Crippen LogP contribution in [0.3, 0.4) is 0 Å². The van der Waals surface area contributed by atoms with E-state index >= 15 is 0 Å². The maximum absolute atomic E-state index is 12.4. The number of rotatable bonds is 4. The molecular formula is C24H24N6O2. The number of piperidine rings is 1. The Bertz CT molecular complexity index is 1240. The number of phenols is 1. The van der Waals surface area contributed by atoms with Crippen LogP contribution in [-0.2, 0) is 0 Å². The number of aromatic amines is 1. The van der Waals surface area contributed by atoms with Gasteiger partial charge in [-0.3, -0.25) is 0 Å². The van der Waals surface area contributed by atoms with Crippen molar-refractivity contribution in [3.63, 3.8) is 0 Å². The van der Waals surface area contributed by atoms with Crippen molar-refractivity contribution in [2.75, 3.05) is 28.6 Å². The molecule has 3 heterocycles. The second kappa shape index (κ2) is 8.58. The topological polar surface area (TPSA) is 106 Å². The van der Waals surface area contributed by atoms with Gasteiger partial charge in [0, 0.05) is 36.6 Å². The zero-order valence-electron chi connectivity index (χ0n) is 17.5. The van der Waals surface area contributed by atoms with Gasteiger partial charge in [-0.05, 0) is 60.9 Å². The first-order chi connectivity index (χ1) is 15.7. The van der Waals surface area contributed by atoms with Gasteiger partial charge in [0.2, 0.25) is 0 Å². The number of aromatic hydroxyl groups is 1. The van der Waals surface area contributed by atoms with Crippen molar-refractivity contribution in [1.82, 2.24) is 15.0 Å². The van der Waals surface area contributed by atoms with Crippen LogP contribution in [0.4, 0.5) is 22.0 Å². The second-order valence-corrected chi connectivity index (χ2v) is 7.97. The van der Waals surface area contributed by atoms with E-state index in [-0.39, 0.29) is 11.8 Å². The van der Waals surface area contributed by atoms with Crippen LogP contribution in [0.15, 0.2) is 67.1 Å². The molecule has 2 aromatic carbocycles. The molecule has 1 fully saturated rings. The molecular weight excluding hydrogens is 404 g/mol. The van der Waals surface area contributed by atoms with Crippen molar-refractivity contribution in [2.24, 2.45) is 0 Å². The Morgan fingerprint density at radius 1 is 1.06 bits per heavy atom. The highest BCUT2D eigenvalue weighted by Gasteiger charge is 2.24. The molecule has 4 N–H and O–H groups in total. The minimum absolute atomic E-state index is 0.157. The number of aromatic nitrogens is 3. The molecule has 0 radical (unpaired) electrons. The number of carbonyl (C=O) groups is 1. The van der Waals surface area contributed by atoms with Gasteiger partial charge in [0.25, 0.3) is 0 Å². The lowest BCUT2D eigenvalue weighted by Gasteiger charge is -2.34. The lowest BCUT2D eigenvalue weighted by atomic mass is 9.90. The van der Waals surface area contributed by atoms with Crippen molar-refractivity contribution < 1.29 is 9.90 Å². The number of urea groups is 1. The molecule has 8 nitrogen and oxygen atoms in total. The number of nitrogens with zero attached hydrogens (tertiary/aromatic N) is 3. The van der Waals surface area contributed by atoms with Crippen LogP contribution in [0.25, 0.3) is 11.0 Å². The average molecular weight is 428 g/mol. The first kappa shape index (κ1) is 19.9. The first-order valence-electron chi connectivity index (χ1n) is 10.7. The van der Waals surface area contributed by atoms with Gasteiger partial charge in [0.05, 0.1) is 5.39 Å². The summed E-state index contributed by atoms with van der Waals surface area (Å²) in [5.41, 5.74) is 3.39. The molecule has 1 atom stereocenters. The molecule has 0 spiro atoms. The molecule has 162 valence electrons. The predicted octanol–water partition coefficient (Wildman–Crippen LogP) is 4.69. The van der Waals surface area contributed by atoms with Gasteiger partial charge in [-0.15, -0.1) is 0 Å². The molecule has 8 heteroatoms. The Kier molecular flexibility index (Phi) is 5.33. The van der Waals surface area contributed by atoms with E-state index in [1.807, 2.05) is 30.5 Å². The Morgan fingerprint density at radius 3 is 2.78 bits per heavy atom. The zero-order chi connectivity index (χ0) is 21.9. The highest BCUT2D eigenvalue weighted by molar-refractivity contribution is 5.99. The summed E-state index contributed by atoms with van der Waals surface area (Å²) in [4.78, 5) is 26.7. The highest BCUT2D eigenvalue weighted by atomic mass is 16.3. The largest absolute Gasteiger partial charge is 0.508 e. The quantitative estimate of drug-likeness (QED) is 0.353. The number of phenolic OH excluding ortho intramolecular Hbond substituents is 1. The molecule has 0 bridgehead atoms. The molecule has 1 aliphatic rings. The number of benzene rings is 2. The maximum atomic E-state index is 12.4. The Hall–Kier alpha value is -4.07. The summed E-state index contributed by atoms with van der Waals surface area (Å²) >= 11 is 0. The standard InChI is InChI=1S/C24H24N6O2/c31-20-8-6-18(7-9-20)28-24(32)29-19-5-1-3-16(13-19)17-4-2-12-30(14-17)23-21-10-11-25-22(21)26-15-27-23/h1,3,5-11,13,15,17,31H,2,4,12,14H2,(H,25,26,27)(H2,28,29,32). The van der Waals surface area contributed by atoms with E-state index in [2.05, 4.69) is 36.6 Å². The third kappa shape index (κ3) is 4.20. The van der Waals surface area contributed by atoms with E-state index in [0.717, 1.165) is 48.5 Å². The zero-order valence-corrected chi connectivity index (χ0v) is 17.5. The van der Waals surface area contributed by atoms with Gasteiger partial charge >= 0.3 is 6.03 Å². The lowest BCUT2D eigenvalue weighted by molar-refractivity contribution is 0.262. The molecule has 1 saturated heterocycles. The van der Waals surface area contributed by atoms with Gasteiger partial charge < -0.3 is 25.6 Å². The lowest BCUT2D eigenvalue weighted by Crippen LogP contribution is -2.35. The molecule has 1 unspecified atom stereocenters. The third-order valence-electron chi connectivity index (χ3n) is 5.79. The van der Waals surface area contributed by atoms with E-state index in [0.29, 0.717) is 11.6 Å². The number of hydrogen-bond acceptors (Lipinski definition) is 5. The van der Waals surface area contributed by atoms with Crippen molar-refractivity contribution in [2.45, 2.75) is 18.8 Å². The minimum atomic E-state index is -0.325. The fourth-order valence-corrected chi connectivity index (χ4v) is 4.26. The maximum Gasteiger partial charge on any atom is 0.323 e. The summed E-state index contributed by atoms with van der Waals surface area (Å²) in [5, 5.41) is 16.1. The number of nitrogens with one attached hydrogen (secondary N) is 3. The minimum Gasteiger partial charge on any atom is -0.508 e. The molecule has 0 aliphatic carbocycles. The molecule has 2 amide bonds. The van der Waals surface area contributed by atoms with Crippen molar-refractivity contribution in [3.8, 4) is 5.75 Å². The second-order valence-electron chi connectivity index (χ2n) is 7.97. The number of carbonyl (C=O) groups excluding carboxylic acids is 1. The van der Waals surface area contributed by atoms with Gasteiger partial charge in [-0.1, -0.05) is 12.1 Å². The number of fused-ring (bicyclic) bond motifs is 1. The smallest absolute Gasteiger partial charge is 0.323 e. The molecule has 4 aromatic rings. The average Bonchev–Trinajstić information content (AvgIpc) is 3.30. The van der Waals surface area contributed by atoms with Gasteiger partial charge in [-0.2, -0.15) is 0 Å². The normalized spacial score (nSPS) is 16.1. The summed E-state index contributed by atoms with van der Waals surface area (Å²) in [7, 11) is 0. The number of anilines is 3. The molecule has 1 aliphatic heterocycles. The Labute approximate surface area is 185 Å². The van der Waals surface area contributed by atoms with E-state index < -0.39 is 0 Å². The number of amides is 2. The van der Waals surface area contributed by atoms with Crippen LogP contribution in [0, 0.1) is 0 Å². The summed E-state index contributed by atoms with van der Waals surface area (Å²) in [6, 6.07) is 16.1. The van der Waals surface area contributed by atoms with Gasteiger partial charge in [0.1, 0.15) is 23.5 Å². The van der Waals surface area contributed by atoms with Crippen LogP contribution in [0.2, 0.25) is 0 Å². The number of hydrogen-bond donors (Lipinski definition) is 4. The van der Waals surface area contributed by atoms with Crippen LogP contribution in [0.5, 0.6) is 5.75 Å². The van der Waals surface area contributed by atoms with Crippen LogP contribution >= 0.6 is 0 Å². The highest BCUT2D eigenvalue weighted by Crippen LogP contribution is 2.32. The summed E-state index contributed by atoms with van der Waals surface area (Å²) in [6.45, 7) is 1.82. The van der Waals surface area contributed by atoms with Crippen molar-refractivity contribution >= 4 is 34.3 Å². The van der Waals surface area contributed by atoms with Crippen LogP contribution in [0.1, 0.15) is 24.3 Å². The van der Waals surface area contributed by atoms with Crippen LogP contribution < -0.4 is 15.5 Å². The summed E-state index contributed by atoms with van der Waals surface area (Å²) in [5.74, 6) is 1.46. The summed E-state index contributed by atoms with van der Waals surface area (Å²) in [6.07, 6.45) is 5.65. The van der Waals surface area contributed by atoms with E-state index in [1.165, 1.54) is 17.7 Å².